The fraction of sp³-hybridized carbons (Fsp3) is 0.875. The Morgan fingerprint density at radius 1 is 1.06 bits per heavy atom. The molecular weight excluding hydrogens is 208 g/mol. The molecule has 1 heteroatoms. The summed E-state index contributed by atoms with van der Waals surface area (Å²) in [6, 6.07) is 0. The number of aliphatic hydroxyl groups is 1. The van der Waals surface area contributed by atoms with E-state index in [0.717, 1.165) is 36.5 Å². The molecule has 2 aliphatic carbocycles. The molecule has 2 rings (SSSR count). The van der Waals surface area contributed by atoms with Crippen LogP contribution in [0.25, 0.3) is 0 Å². The number of rotatable bonds is 2. The van der Waals surface area contributed by atoms with Crippen LogP contribution >= 0.6 is 0 Å². The summed E-state index contributed by atoms with van der Waals surface area (Å²) in [4.78, 5) is 0. The summed E-state index contributed by atoms with van der Waals surface area (Å²) in [5.41, 5.74) is 0. The molecule has 3 unspecified atom stereocenters. The summed E-state index contributed by atoms with van der Waals surface area (Å²) in [6.07, 6.45) is 10.8. The SMILES string of the molecule is C[C@@H](C1C=C[C@@H](C)CC1)C1CCC(O)C[C@H]1C. The van der Waals surface area contributed by atoms with Crippen molar-refractivity contribution in [1.82, 2.24) is 0 Å². The van der Waals surface area contributed by atoms with Gasteiger partial charge in [0, 0.05) is 0 Å². The highest BCUT2D eigenvalue weighted by atomic mass is 16.3. The van der Waals surface area contributed by atoms with Gasteiger partial charge in [0.2, 0.25) is 0 Å². The first-order valence-electron chi connectivity index (χ1n) is 7.44. The molecule has 2 aliphatic rings. The predicted molar refractivity (Wildman–Crippen MR) is 72.7 cm³/mol. The fourth-order valence-corrected chi connectivity index (χ4v) is 3.91. The number of aliphatic hydroxyl groups excluding tert-OH is 1. The highest BCUT2D eigenvalue weighted by Gasteiger charge is 2.33. The summed E-state index contributed by atoms with van der Waals surface area (Å²) in [7, 11) is 0. The summed E-state index contributed by atoms with van der Waals surface area (Å²) < 4.78 is 0. The lowest BCUT2D eigenvalue weighted by Gasteiger charge is -2.39. The Labute approximate surface area is 106 Å². The summed E-state index contributed by atoms with van der Waals surface area (Å²) in [6.45, 7) is 7.08. The Bertz CT molecular complexity index is 271. The van der Waals surface area contributed by atoms with Crippen LogP contribution in [0.4, 0.5) is 0 Å². The van der Waals surface area contributed by atoms with Gasteiger partial charge in [0.15, 0.2) is 0 Å². The maximum absolute atomic E-state index is 9.71. The van der Waals surface area contributed by atoms with Crippen LogP contribution in [0.3, 0.4) is 0 Å². The lowest BCUT2D eigenvalue weighted by molar-refractivity contribution is 0.0459. The van der Waals surface area contributed by atoms with Gasteiger partial charge in [-0.05, 0) is 61.7 Å². The Kier molecular flexibility index (Phi) is 4.30. The summed E-state index contributed by atoms with van der Waals surface area (Å²) in [5, 5.41) is 9.71. The van der Waals surface area contributed by atoms with Crippen LogP contribution < -0.4 is 0 Å². The van der Waals surface area contributed by atoms with Gasteiger partial charge in [0.05, 0.1) is 6.10 Å². The second-order valence-electron chi connectivity index (χ2n) is 6.57. The Balaban J connectivity index is 1.95. The van der Waals surface area contributed by atoms with Crippen molar-refractivity contribution in [2.45, 2.75) is 59.0 Å². The van der Waals surface area contributed by atoms with Gasteiger partial charge in [-0.25, -0.2) is 0 Å². The molecule has 6 atom stereocenters. The molecule has 1 saturated carbocycles. The molecule has 0 aromatic rings. The van der Waals surface area contributed by atoms with Crippen molar-refractivity contribution in [3.05, 3.63) is 12.2 Å². The van der Waals surface area contributed by atoms with E-state index in [1.165, 1.54) is 19.3 Å². The van der Waals surface area contributed by atoms with Crippen molar-refractivity contribution in [2.24, 2.45) is 29.6 Å². The molecular formula is C16H28O. The topological polar surface area (TPSA) is 20.2 Å². The van der Waals surface area contributed by atoms with Crippen LogP contribution in [0.2, 0.25) is 0 Å². The molecule has 0 radical (unpaired) electrons. The van der Waals surface area contributed by atoms with Gasteiger partial charge in [-0.15, -0.1) is 0 Å². The predicted octanol–water partition coefficient (Wildman–Crippen LogP) is 4.02. The molecule has 0 bridgehead atoms. The molecule has 1 N–H and O–H groups in total. The molecule has 98 valence electrons. The van der Waals surface area contributed by atoms with Gasteiger partial charge < -0.3 is 5.11 Å². The van der Waals surface area contributed by atoms with Gasteiger partial charge in [-0.1, -0.05) is 32.9 Å². The largest absolute Gasteiger partial charge is 0.393 e. The van der Waals surface area contributed by atoms with Crippen molar-refractivity contribution in [3.8, 4) is 0 Å². The third kappa shape index (κ3) is 3.13. The smallest absolute Gasteiger partial charge is 0.0543 e. The van der Waals surface area contributed by atoms with E-state index in [1.54, 1.807) is 0 Å². The lowest BCUT2D eigenvalue weighted by Crippen LogP contribution is -2.33. The standard InChI is InChI=1S/C16H28O/c1-11-4-6-14(7-5-11)13(3)16-9-8-15(17)10-12(16)2/h4,6,11-17H,5,7-10H2,1-3H3/t11-,12-,13+,14?,15?,16?/m1/s1. The fourth-order valence-electron chi connectivity index (χ4n) is 3.91. The lowest BCUT2D eigenvalue weighted by atomic mass is 9.67. The number of hydrogen-bond donors (Lipinski definition) is 1. The Morgan fingerprint density at radius 3 is 2.41 bits per heavy atom. The summed E-state index contributed by atoms with van der Waals surface area (Å²) >= 11 is 0. The molecule has 0 aromatic carbocycles. The van der Waals surface area contributed by atoms with E-state index >= 15 is 0 Å². The normalized spacial score (nSPS) is 44.6. The molecule has 0 heterocycles. The van der Waals surface area contributed by atoms with E-state index in [1.807, 2.05) is 0 Å². The highest BCUT2D eigenvalue weighted by Crippen LogP contribution is 2.41. The van der Waals surface area contributed by atoms with E-state index in [4.69, 9.17) is 0 Å². The van der Waals surface area contributed by atoms with Crippen LogP contribution in [0, 0.1) is 29.6 Å². The van der Waals surface area contributed by atoms with Crippen LogP contribution in [-0.4, -0.2) is 11.2 Å². The van der Waals surface area contributed by atoms with Crippen LogP contribution in [-0.2, 0) is 0 Å². The van der Waals surface area contributed by atoms with Gasteiger partial charge in [0.1, 0.15) is 0 Å². The van der Waals surface area contributed by atoms with E-state index in [0.29, 0.717) is 5.92 Å². The average Bonchev–Trinajstić information content (AvgIpc) is 2.29. The minimum absolute atomic E-state index is 0.0321. The molecule has 0 aromatic heterocycles. The van der Waals surface area contributed by atoms with Crippen LogP contribution in [0.1, 0.15) is 52.9 Å². The Morgan fingerprint density at radius 2 is 1.82 bits per heavy atom. The van der Waals surface area contributed by atoms with E-state index in [2.05, 4.69) is 32.9 Å². The third-order valence-corrected chi connectivity index (χ3v) is 5.20. The average molecular weight is 236 g/mol. The van der Waals surface area contributed by atoms with Crippen molar-refractivity contribution < 1.29 is 5.11 Å². The minimum Gasteiger partial charge on any atom is -0.393 e. The second kappa shape index (κ2) is 5.56. The number of allylic oxidation sites excluding steroid dienone is 2. The maximum atomic E-state index is 9.71. The molecule has 17 heavy (non-hydrogen) atoms. The third-order valence-electron chi connectivity index (χ3n) is 5.20. The van der Waals surface area contributed by atoms with Gasteiger partial charge in [-0.2, -0.15) is 0 Å². The van der Waals surface area contributed by atoms with Crippen molar-refractivity contribution in [2.75, 3.05) is 0 Å². The van der Waals surface area contributed by atoms with Crippen molar-refractivity contribution in [3.63, 3.8) is 0 Å². The maximum Gasteiger partial charge on any atom is 0.0543 e. The molecule has 1 fully saturated rings. The second-order valence-corrected chi connectivity index (χ2v) is 6.57. The molecule has 0 amide bonds. The minimum atomic E-state index is -0.0321. The van der Waals surface area contributed by atoms with E-state index < -0.39 is 0 Å². The zero-order valence-corrected chi connectivity index (χ0v) is 11.6. The summed E-state index contributed by atoms with van der Waals surface area (Å²) in [5.74, 6) is 3.88. The molecule has 0 aliphatic heterocycles. The molecule has 0 saturated heterocycles. The number of hydrogen-bond acceptors (Lipinski definition) is 1. The van der Waals surface area contributed by atoms with Gasteiger partial charge in [-0.3, -0.25) is 0 Å². The first-order valence-corrected chi connectivity index (χ1v) is 7.44. The van der Waals surface area contributed by atoms with E-state index in [9.17, 15) is 5.11 Å². The van der Waals surface area contributed by atoms with Crippen molar-refractivity contribution >= 4 is 0 Å². The molecule has 0 spiro atoms. The zero-order valence-electron chi connectivity index (χ0n) is 11.6. The first-order chi connectivity index (χ1) is 8.08. The monoisotopic (exact) mass is 236 g/mol. The van der Waals surface area contributed by atoms with Gasteiger partial charge in [0.25, 0.3) is 0 Å². The quantitative estimate of drug-likeness (QED) is 0.718. The van der Waals surface area contributed by atoms with Crippen molar-refractivity contribution in [1.29, 1.82) is 0 Å². The molecule has 1 nitrogen and oxygen atoms in total. The Hall–Kier alpha value is -0.300. The highest BCUT2D eigenvalue weighted by molar-refractivity contribution is 5.00. The van der Waals surface area contributed by atoms with Crippen LogP contribution in [0.5, 0.6) is 0 Å². The van der Waals surface area contributed by atoms with Gasteiger partial charge >= 0.3 is 0 Å². The first kappa shape index (κ1) is 13.1. The van der Waals surface area contributed by atoms with Crippen LogP contribution in [0.15, 0.2) is 12.2 Å². The van der Waals surface area contributed by atoms with E-state index in [-0.39, 0.29) is 6.10 Å². The zero-order chi connectivity index (χ0) is 12.4.